The van der Waals surface area contributed by atoms with Gasteiger partial charge in [-0.2, -0.15) is 0 Å². The normalized spacial score (nSPS) is 13.0. The second-order valence-corrected chi connectivity index (χ2v) is 14.8. The predicted molar refractivity (Wildman–Crippen MR) is 114 cm³/mol. The molecule has 26 heavy (non-hydrogen) atoms. The molecule has 0 saturated heterocycles. The van der Waals surface area contributed by atoms with E-state index in [1.165, 1.54) is 30.5 Å². The third-order valence-corrected chi connectivity index (χ3v) is 13.5. The minimum Gasteiger partial charge on any atom is -0.377 e. The maximum Gasteiger partial charge on any atom is 0.500 e. The molecule has 0 amide bonds. The summed E-state index contributed by atoms with van der Waals surface area (Å²) in [5.74, 6) is 0. The molecule has 0 spiro atoms. The molecule has 0 saturated carbocycles. The molecule has 0 aliphatic carbocycles. The van der Waals surface area contributed by atoms with Crippen molar-refractivity contribution < 1.29 is 13.3 Å². The highest BCUT2D eigenvalue weighted by atomic mass is 28.4. The highest BCUT2D eigenvalue weighted by molar-refractivity contribution is 6.87. The maximum atomic E-state index is 5.51. The second kappa shape index (κ2) is 11.3. The Labute approximate surface area is 162 Å². The first kappa shape index (κ1) is 23.5. The van der Waals surface area contributed by atoms with Crippen LogP contribution in [0.5, 0.6) is 0 Å². The SMILES string of the molecule is CO[Si](CCCCCC[Si](c1ccccc1)(N(C)C)N(C)C)(OC)OC. The molecule has 0 atom stereocenters. The van der Waals surface area contributed by atoms with Crippen LogP contribution in [0.15, 0.2) is 30.3 Å². The fraction of sp³-hybridized carbons (Fsp3) is 0.684. The highest BCUT2D eigenvalue weighted by Gasteiger charge is 2.40. The Balaban J connectivity index is 2.61. The van der Waals surface area contributed by atoms with Gasteiger partial charge in [-0.25, -0.2) is 0 Å². The highest BCUT2D eigenvalue weighted by Crippen LogP contribution is 2.22. The molecule has 0 fully saturated rings. The van der Waals surface area contributed by atoms with Crippen LogP contribution in [0.25, 0.3) is 0 Å². The topological polar surface area (TPSA) is 34.2 Å². The summed E-state index contributed by atoms with van der Waals surface area (Å²) in [7, 11) is 9.73. The van der Waals surface area contributed by atoms with Crippen LogP contribution < -0.4 is 5.19 Å². The van der Waals surface area contributed by atoms with E-state index in [2.05, 4.69) is 67.7 Å². The molecule has 1 rings (SSSR count). The largest absolute Gasteiger partial charge is 0.500 e. The van der Waals surface area contributed by atoms with Gasteiger partial charge in [0, 0.05) is 27.4 Å². The molecule has 0 radical (unpaired) electrons. The van der Waals surface area contributed by atoms with Crippen molar-refractivity contribution in [3.63, 3.8) is 0 Å². The average molecular weight is 399 g/mol. The van der Waals surface area contributed by atoms with Crippen LogP contribution in [0.4, 0.5) is 0 Å². The third-order valence-electron chi connectivity index (χ3n) is 5.41. The number of hydrogen-bond acceptors (Lipinski definition) is 5. The van der Waals surface area contributed by atoms with E-state index in [0.717, 1.165) is 12.5 Å². The lowest BCUT2D eigenvalue weighted by molar-refractivity contribution is 0.122. The average Bonchev–Trinajstić information content (AvgIpc) is 2.65. The van der Waals surface area contributed by atoms with Crippen molar-refractivity contribution in [1.82, 2.24) is 9.13 Å². The first-order valence-corrected chi connectivity index (χ1v) is 13.5. The van der Waals surface area contributed by atoms with Crippen LogP contribution in [-0.4, -0.2) is 75.9 Å². The molecule has 0 N–H and O–H groups in total. The van der Waals surface area contributed by atoms with Crippen molar-refractivity contribution in [2.24, 2.45) is 0 Å². The Hall–Kier alpha value is -0.546. The Bertz CT molecular complexity index is 481. The zero-order valence-electron chi connectivity index (χ0n) is 17.7. The molecule has 0 aliphatic heterocycles. The fourth-order valence-corrected chi connectivity index (χ4v) is 10.1. The maximum absolute atomic E-state index is 5.51. The van der Waals surface area contributed by atoms with Gasteiger partial charge in [0.2, 0.25) is 8.40 Å². The second-order valence-electron chi connectivity index (χ2n) is 7.18. The van der Waals surface area contributed by atoms with Crippen LogP contribution >= 0.6 is 0 Å². The van der Waals surface area contributed by atoms with E-state index in [0.29, 0.717) is 0 Å². The predicted octanol–water partition coefficient (Wildman–Crippen LogP) is 2.90. The van der Waals surface area contributed by atoms with Crippen molar-refractivity contribution in [2.75, 3.05) is 49.5 Å². The quantitative estimate of drug-likeness (QED) is 0.377. The number of nitrogens with zero attached hydrogens (tertiary/aromatic N) is 2. The molecule has 1 aromatic carbocycles. The van der Waals surface area contributed by atoms with Crippen molar-refractivity contribution in [3.05, 3.63) is 30.3 Å². The van der Waals surface area contributed by atoms with E-state index >= 15 is 0 Å². The van der Waals surface area contributed by atoms with Crippen molar-refractivity contribution >= 4 is 22.4 Å². The molecule has 0 unspecified atom stereocenters. The summed E-state index contributed by atoms with van der Waals surface area (Å²) >= 11 is 0. The Kier molecular flexibility index (Phi) is 10.2. The van der Waals surface area contributed by atoms with Gasteiger partial charge in [0.05, 0.1) is 0 Å². The van der Waals surface area contributed by atoms with Crippen LogP contribution in [-0.2, 0) is 13.3 Å². The summed E-state index contributed by atoms with van der Waals surface area (Å²) in [5.41, 5.74) is 0. The summed E-state index contributed by atoms with van der Waals surface area (Å²) in [4.78, 5) is 0. The molecular weight excluding hydrogens is 360 g/mol. The van der Waals surface area contributed by atoms with Crippen molar-refractivity contribution in [3.8, 4) is 0 Å². The lowest BCUT2D eigenvalue weighted by Crippen LogP contribution is -2.68. The van der Waals surface area contributed by atoms with Crippen LogP contribution in [0.3, 0.4) is 0 Å². The molecule has 1 aromatic rings. The smallest absolute Gasteiger partial charge is 0.377 e. The third kappa shape index (κ3) is 5.72. The molecule has 150 valence electrons. The number of hydrogen-bond donors (Lipinski definition) is 0. The molecule has 0 aliphatic rings. The number of rotatable bonds is 13. The summed E-state index contributed by atoms with van der Waals surface area (Å²) in [5, 5.41) is 1.49. The molecule has 5 nitrogen and oxygen atoms in total. The number of unbranched alkanes of at least 4 members (excludes halogenated alkanes) is 3. The van der Waals surface area contributed by atoms with Gasteiger partial charge >= 0.3 is 8.80 Å². The number of benzene rings is 1. The molecule has 0 aromatic heterocycles. The van der Waals surface area contributed by atoms with Crippen LogP contribution in [0, 0.1) is 0 Å². The first-order valence-electron chi connectivity index (χ1n) is 9.44. The molecule has 0 bridgehead atoms. The minimum absolute atomic E-state index is 0.888. The van der Waals surface area contributed by atoms with Gasteiger partial charge in [-0.3, -0.25) is 0 Å². The monoisotopic (exact) mass is 398 g/mol. The van der Waals surface area contributed by atoms with Gasteiger partial charge < -0.3 is 22.4 Å². The van der Waals surface area contributed by atoms with E-state index in [9.17, 15) is 0 Å². The molecule has 0 heterocycles. The van der Waals surface area contributed by atoms with Crippen LogP contribution in [0.1, 0.15) is 25.7 Å². The molecular formula is C19H38N2O3Si2. The Morgan fingerprint density at radius 3 is 1.58 bits per heavy atom. The van der Waals surface area contributed by atoms with E-state index in [1.807, 2.05) is 0 Å². The van der Waals surface area contributed by atoms with Crippen molar-refractivity contribution in [1.29, 1.82) is 0 Å². The van der Waals surface area contributed by atoms with Gasteiger partial charge in [-0.05, 0) is 45.8 Å². The van der Waals surface area contributed by atoms with Gasteiger partial charge in [-0.1, -0.05) is 49.6 Å². The first-order chi connectivity index (χ1) is 12.4. The fourth-order valence-electron chi connectivity index (χ4n) is 3.84. The zero-order valence-corrected chi connectivity index (χ0v) is 19.7. The summed E-state index contributed by atoms with van der Waals surface area (Å²) in [6, 6.07) is 13.1. The van der Waals surface area contributed by atoms with Gasteiger partial charge in [0.25, 0.3) is 0 Å². The molecule has 7 heteroatoms. The van der Waals surface area contributed by atoms with E-state index in [-0.39, 0.29) is 0 Å². The standard InChI is InChI=1S/C19H38N2O3Si2/c1-20(2)25(21(3)4,19-15-11-10-12-16-19)17-13-8-9-14-18-26(22-5,23-6)24-7/h10-12,15-16H,8-9,13-14,17-18H2,1-7H3. The summed E-state index contributed by atoms with van der Waals surface area (Å²) in [6.45, 7) is 0. The lowest BCUT2D eigenvalue weighted by atomic mass is 10.2. The minimum atomic E-state index is -2.41. The summed E-state index contributed by atoms with van der Waals surface area (Å²) < 4.78 is 21.5. The van der Waals surface area contributed by atoms with Gasteiger partial charge in [0.15, 0.2) is 0 Å². The van der Waals surface area contributed by atoms with E-state index in [4.69, 9.17) is 13.3 Å². The van der Waals surface area contributed by atoms with Crippen molar-refractivity contribution in [2.45, 2.75) is 37.8 Å². The van der Waals surface area contributed by atoms with Gasteiger partial charge in [0.1, 0.15) is 0 Å². The lowest BCUT2D eigenvalue weighted by Gasteiger charge is -2.43. The van der Waals surface area contributed by atoms with Gasteiger partial charge in [-0.15, -0.1) is 0 Å². The summed E-state index contributed by atoms with van der Waals surface area (Å²) in [6.07, 6.45) is 4.74. The zero-order chi connectivity index (χ0) is 19.6. The van der Waals surface area contributed by atoms with Crippen LogP contribution in [0.2, 0.25) is 12.1 Å². The Morgan fingerprint density at radius 1 is 0.692 bits per heavy atom. The Morgan fingerprint density at radius 2 is 1.15 bits per heavy atom. The van der Waals surface area contributed by atoms with E-state index < -0.39 is 17.2 Å². The van der Waals surface area contributed by atoms with E-state index in [1.54, 1.807) is 21.3 Å².